The van der Waals surface area contributed by atoms with Crippen molar-refractivity contribution in [2.24, 2.45) is 0 Å². The summed E-state index contributed by atoms with van der Waals surface area (Å²) in [4.78, 5) is 7.74. The van der Waals surface area contributed by atoms with Gasteiger partial charge in [0.15, 0.2) is 0 Å². The van der Waals surface area contributed by atoms with Crippen molar-refractivity contribution in [3.63, 3.8) is 0 Å². The summed E-state index contributed by atoms with van der Waals surface area (Å²) in [6.07, 6.45) is 1.90. The summed E-state index contributed by atoms with van der Waals surface area (Å²) in [7, 11) is 0. The molecule has 3 N–H and O–H groups in total. The molecule has 0 saturated carbocycles. The Balaban J connectivity index is 2.42. The molecule has 0 unspecified atom stereocenters. The van der Waals surface area contributed by atoms with Crippen molar-refractivity contribution in [3.05, 3.63) is 35.7 Å². The standard InChI is InChI=1S/C13H17N3/c1-8(2)12-7-15-13(16-12)11-5-4-10(14)6-9(11)3/h4-8H,14H2,1-3H3,(H,15,16). The summed E-state index contributed by atoms with van der Waals surface area (Å²) in [5, 5.41) is 0. The Morgan fingerprint density at radius 3 is 2.62 bits per heavy atom. The fourth-order valence-electron chi connectivity index (χ4n) is 1.72. The highest BCUT2D eigenvalue weighted by molar-refractivity contribution is 5.63. The minimum atomic E-state index is 0.468. The lowest BCUT2D eigenvalue weighted by atomic mass is 10.1. The highest BCUT2D eigenvalue weighted by atomic mass is 14.9. The molecule has 2 rings (SSSR count). The van der Waals surface area contributed by atoms with Gasteiger partial charge in [-0.15, -0.1) is 0 Å². The van der Waals surface area contributed by atoms with E-state index < -0.39 is 0 Å². The Morgan fingerprint density at radius 1 is 1.31 bits per heavy atom. The number of nitrogens with zero attached hydrogens (tertiary/aromatic N) is 1. The van der Waals surface area contributed by atoms with Crippen molar-refractivity contribution in [3.8, 4) is 11.4 Å². The van der Waals surface area contributed by atoms with Crippen LogP contribution < -0.4 is 5.73 Å². The fraction of sp³-hybridized carbons (Fsp3) is 0.308. The lowest BCUT2D eigenvalue weighted by Crippen LogP contribution is -1.91. The van der Waals surface area contributed by atoms with E-state index in [1.807, 2.05) is 31.3 Å². The molecule has 0 amide bonds. The summed E-state index contributed by atoms with van der Waals surface area (Å²) in [6, 6.07) is 5.88. The quantitative estimate of drug-likeness (QED) is 0.756. The third kappa shape index (κ3) is 1.94. The molecule has 1 aromatic heterocycles. The van der Waals surface area contributed by atoms with E-state index >= 15 is 0 Å². The third-order valence-corrected chi connectivity index (χ3v) is 2.72. The Morgan fingerprint density at radius 2 is 2.06 bits per heavy atom. The monoisotopic (exact) mass is 215 g/mol. The van der Waals surface area contributed by atoms with E-state index in [4.69, 9.17) is 5.73 Å². The van der Waals surface area contributed by atoms with Crippen LogP contribution in [0, 0.1) is 6.92 Å². The maximum atomic E-state index is 5.73. The zero-order chi connectivity index (χ0) is 11.7. The Hall–Kier alpha value is -1.77. The summed E-state index contributed by atoms with van der Waals surface area (Å²) in [5.74, 6) is 1.39. The van der Waals surface area contributed by atoms with Crippen LogP contribution in [0.2, 0.25) is 0 Å². The molecule has 0 aliphatic heterocycles. The molecule has 3 heteroatoms. The van der Waals surface area contributed by atoms with Gasteiger partial charge in [-0.05, 0) is 36.6 Å². The first-order valence-corrected chi connectivity index (χ1v) is 5.49. The second-order valence-electron chi connectivity index (χ2n) is 4.42. The number of hydrogen-bond donors (Lipinski definition) is 2. The average Bonchev–Trinajstić information content (AvgIpc) is 2.66. The van der Waals surface area contributed by atoms with Gasteiger partial charge in [-0.3, -0.25) is 0 Å². The van der Waals surface area contributed by atoms with Gasteiger partial charge in [-0.2, -0.15) is 0 Å². The van der Waals surface area contributed by atoms with Crippen molar-refractivity contribution < 1.29 is 0 Å². The van der Waals surface area contributed by atoms with Gasteiger partial charge in [0.2, 0.25) is 0 Å². The van der Waals surface area contributed by atoms with E-state index in [1.165, 1.54) is 0 Å². The third-order valence-electron chi connectivity index (χ3n) is 2.72. The lowest BCUT2D eigenvalue weighted by Gasteiger charge is -2.04. The number of H-pyrrole nitrogens is 1. The Labute approximate surface area is 95.7 Å². The normalized spacial score (nSPS) is 11.0. The lowest BCUT2D eigenvalue weighted by molar-refractivity contribution is 0.833. The molecule has 1 aromatic carbocycles. The molecular weight excluding hydrogens is 198 g/mol. The van der Waals surface area contributed by atoms with Gasteiger partial charge in [-0.25, -0.2) is 4.98 Å². The molecule has 0 spiro atoms. The maximum absolute atomic E-state index is 5.73. The highest BCUT2D eigenvalue weighted by Crippen LogP contribution is 2.24. The van der Waals surface area contributed by atoms with E-state index in [0.717, 1.165) is 28.3 Å². The number of aromatic amines is 1. The largest absolute Gasteiger partial charge is 0.399 e. The summed E-state index contributed by atoms with van der Waals surface area (Å²) >= 11 is 0. The van der Waals surface area contributed by atoms with Gasteiger partial charge in [0, 0.05) is 23.1 Å². The smallest absolute Gasteiger partial charge is 0.137 e. The number of anilines is 1. The molecule has 0 radical (unpaired) electrons. The second-order valence-corrected chi connectivity index (χ2v) is 4.42. The van der Waals surface area contributed by atoms with Gasteiger partial charge in [0.25, 0.3) is 0 Å². The average molecular weight is 215 g/mol. The molecule has 0 aliphatic carbocycles. The van der Waals surface area contributed by atoms with Crippen molar-refractivity contribution in [2.75, 3.05) is 5.73 Å². The molecule has 84 valence electrons. The molecule has 16 heavy (non-hydrogen) atoms. The van der Waals surface area contributed by atoms with Crippen LogP contribution in [0.1, 0.15) is 31.0 Å². The van der Waals surface area contributed by atoms with Crippen LogP contribution in [-0.4, -0.2) is 9.97 Å². The summed E-state index contributed by atoms with van der Waals surface area (Å²) in [6.45, 7) is 6.34. The number of aromatic nitrogens is 2. The SMILES string of the molecule is Cc1cc(N)ccc1-c1ncc(C(C)C)[nH]1. The van der Waals surface area contributed by atoms with E-state index in [0.29, 0.717) is 5.92 Å². The highest BCUT2D eigenvalue weighted by Gasteiger charge is 2.08. The minimum absolute atomic E-state index is 0.468. The number of hydrogen-bond acceptors (Lipinski definition) is 2. The van der Waals surface area contributed by atoms with Gasteiger partial charge in [-0.1, -0.05) is 13.8 Å². The number of imidazole rings is 1. The molecule has 0 bridgehead atoms. The number of nitrogens with two attached hydrogens (primary N) is 1. The van der Waals surface area contributed by atoms with Crippen molar-refractivity contribution in [1.82, 2.24) is 9.97 Å². The molecule has 0 atom stereocenters. The van der Waals surface area contributed by atoms with E-state index in [-0.39, 0.29) is 0 Å². The number of nitrogens with one attached hydrogen (secondary N) is 1. The molecule has 1 heterocycles. The van der Waals surface area contributed by atoms with Crippen molar-refractivity contribution in [1.29, 1.82) is 0 Å². The minimum Gasteiger partial charge on any atom is -0.399 e. The zero-order valence-electron chi connectivity index (χ0n) is 9.91. The number of nitrogen functional groups attached to an aromatic ring is 1. The van der Waals surface area contributed by atoms with Gasteiger partial charge in [0.05, 0.1) is 0 Å². The topological polar surface area (TPSA) is 54.7 Å². The first-order valence-electron chi connectivity index (χ1n) is 5.49. The second kappa shape index (κ2) is 4.00. The predicted molar refractivity (Wildman–Crippen MR) is 67.3 cm³/mol. The van der Waals surface area contributed by atoms with Crippen LogP contribution in [0.25, 0.3) is 11.4 Å². The van der Waals surface area contributed by atoms with Crippen LogP contribution >= 0.6 is 0 Å². The number of aryl methyl sites for hydroxylation is 1. The molecule has 2 aromatic rings. The van der Waals surface area contributed by atoms with Crippen LogP contribution in [0.5, 0.6) is 0 Å². The predicted octanol–water partition coefficient (Wildman–Crippen LogP) is 3.09. The molecule has 0 fully saturated rings. The van der Waals surface area contributed by atoms with Gasteiger partial charge >= 0.3 is 0 Å². The fourth-order valence-corrected chi connectivity index (χ4v) is 1.72. The zero-order valence-corrected chi connectivity index (χ0v) is 9.91. The van der Waals surface area contributed by atoms with Gasteiger partial charge < -0.3 is 10.7 Å². The number of rotatable bonds is 2. The molecule has 3 nitrogen and oxygen atoms in total. The maximum Gasteiger partial charge on any atom is 0.137 e. The molecule has 0 aliphatic rings. The molecular formula is C13H17N3. The van der Waals surface area contributed by atoms with Crippen LogP contribution in [-0.2, 0) is 0 Å². The summed E-state index contributed by atoms with van der Waals surface area (Å²) < 4.78 is 0. The van der Waals surface area contributed by atoms with E-state index in [9.17, 15) is 0 Å². The summed E-state index contributed by atoms with van der Waals surface area (Å²) in [5.41, 5.74) is 9.93. The molecule has 0 saturated heterocycles. The van der Waals surface area contributed by atoms with Crippen LogP contribution in [0.3, 0.4) is 0 Å². The Kier molecular flexibility index (Phi) is 2.69. The van der Waals surface area contributed by atoms with E-state index in [1.54, 1.807) is 0 Å². The first kappa shape index (κ1) is 10.7. The number of benzene rings is 1. The van der Waals surface area contributed by atoms with Crippen molar-refractivity contribution >= 4 is 5.69 Å². The first-order chi connectivity index (χ1) is 7.58. The van der Waals surface area contributed by atoms with Gasteiger partial charge in [0.1, 0.15) is 5.82 Å². The Bertz CT molecular complexity index is 498. The van der Waals surface area contributed by atoms with Crippen LogP contribution in [0.15, 0.2) is 24.4 Å². The van der Waals surface area contributed by atoms with Crippen molar-refractivity contribution in [2.45, 2.75) is 26.7 Å². The van der Waals surface area contributed by atoms with Crippen LogP contribution in [0.4, 0.5) is 5.69 Å². The van der Waals surface area contributed by atoms with E-state index in [2.05, 4.69) is 23.8 Å².